The highest BCUT2D eigenvalue weighted by Gasteiger charge is 2.27. The molecule has 2 aromatic heterocycles. The van der Waals surface area contributed by atoms with Gasteiger partial charge in [-0.1, -0.05) is 19.0 Å². The molecule has 2 aromatic rings. The van der Waals surface area contributed by atoms with Crippen LogP contribution in [0.25, 0.3) is 0 Å². The molecule has 1 unspecified atom stereocenters. The lowest BCUT2D eigenvalue weighted by molar-refractivity contribution is 0.0930. The van der Waals surface area contributed by atoms with Crippen LogP contribution in [0.4, 0.5) is 0 Å². The van der Waals surface area contributed by atoms with Gasteiger partial charge in [0.1, 0.15) is 17.4 Å². The Kier molecular flexibility index (Phi) is 3.97. The molecule has 0 aliphatic heterocycles. The number of H-pyrrole nitrogens is 1. The topological polar surface area (TPSA) is 114 Å². The molecule has 1 saturated carbocycles. The van der Waals surface area contributed by atoms with Crippen LogP contribution in [0.15, 0.2) is 15.5 Å². The zero-order chi connectivity index (χ0) is 16.6. The van der Waals surface area contributed by atoms with Crippen molar-refractivity contribution in [3.05, 3.63) is 39.7 Å². The number of rotatable bonds is 5. The first-order valence-electron chi connectivity index (χ1n) is 7.69. The van der Waals surface area contributed by atoms with Crippen molar-refractivity contribution in [3.63, 3.8) is 0 Å². The average molecular weight is 317 g/mol. The molecule has 3 rings (SSSR count). The van der Waals surface area contributed by atoms with Gasteiger partial charge in [0, 0.05) is 18.0 Å². The molecule has 122 valence electrons. The Labute approximate surface area is 132 Å². The fourth-order valence-corrected chi connectivity index (χ4v) is 2.13. The van der Waals surface area contributed by atoms with E-state index in [9.17, 15) is 9.59 Å². The van der Waals surface area contributed by atoms with Crippen molar-refractivity contribution in [1.82, 2.24) is 25.4 Å². The Bertz CT molecular complexity index is 775. The minimum Gasteiger partial charge on any atom is -0.340 e. The minimum absolute atomic E-state index is 0.0233. The number of carbonyl (C=O) groups excluding carboxylic acids is 1. The van der Waals surface area contributed by atoms with Gasteiger partial charge < -0.3 is 14.8 Å². The Morgan fingerprint density at radius 1 is 1.39 bits per heavy atom. The van der Waals surface area contributed by atoms with Crippen molar-refractivity contribution in [2.75, 3.05) is 0 Å². The highest BCUT2D eigenvalue weighted by atomic mass is 16.5. The van der Waals surface area contributed by atoms with Gasteiger partial charge in [0.05, 0.1) is 0 Å². The predicted molar refractivity (Wildman–Crippen MR) is 81.1 cm³/mol. The van der Waals surface area contributed by atoms with Crippen LogP contribution in [0.2, 0.25) is 0 Å². The number of aromatic nitrogens is 4. The van der Waals surface area contributed by atoms with Crippen LogP contribution < -0.4 is 10.9 Å². The van der Waals surface area contributed by atoms with E-state index in [1.54, 1.807) is 6.92 Å². The van der Waals surface area contributed by atoms with Gasteiger partial charge in [0.2, 0.25) is 5.89 Å². The number of nitrogens with zero attached hydrogens (tertiary/aromatic N) is 3. The third-order valence-electron chi connectivity index (χ3n) is 3.72. The van der Waals surface area contributed by atoms with Gasteiger partial charge in [0.25, 0.3) is 11.5 Å². The number of carbonyl (C=O) groups is 1. The summed E-state index contributed by atoms with van der Waals surface area (Å²) < 4.78 is 5.14. The zero-order valence-corrected chi connectivity index (χ0v) is 13.3. The molecule has 8 nitrogen and oxygen atoms in total. The van der Waals surface area contributed by atoms with Crippen LogP contribution in [0, 0.1) is 0 Å². The second-order valence-electron chi connectivity index (χ2n) is 6.13. The lowest BCUT2D eigenvalue weighted by Crippen LogP contribution is -2.32. The fourth-order valence-electron chi connectivity index (χ4n) is 2.13. The lowest BCUT2D eigenvalue weighted by Gasteiger charge is -2.09. The first-order valence-corrected chi connectivity index (χ1v) is 7.69. The minimum atomic E-state index is -0.516. The summed E-state index contributed by atoms with van der Waals surface area (Å²) in [7, 11) is 0. The normalized spacial score (nSPS) is 15.7. The standard InChI is InChI=1S/C15H19N5O3/c1-7(2)11-19-15(23-20-11)8(3)17-13(21)10-6-16-12(9-4-5-9)18-14(10)22/h6-9H,4-5H2,1-3H3,(H,17,21)(H,16,18,22). The van der Waals surface area contributed by atoms with Crippen molar-refractivity contribution in [3.8, 4) is 0 Å². The molecule has 1 atom stereocenters. The molecule has 0 aromatic carbocycles. The maximum atomic E-state index is 12.2. The van der Waals surface area contributed by atoms with E-state index in [0.717, 1.165) is 12.8 Å². The summed E-state index contributed by atoms with van der Waals surface area (Å²) in [5.74, 6) is 1.48. The molecule has 8 heteroatoms. The molecular weight excluding hydrogens is 298 g/mol. The van der Waals surface area contributed by atoms with Gasteiger partial charge in [-0.05, 0) is 19.8 Å². The van der Waals surface area contributed by atoms with Crippen LogP contribution in [-0.2, 0) is 0 Å². The Balaban J connectivity index is 1.71. The quantitative estimate of drug-likeness (QED) is 0.866. The van der Waals surface area contributed by atoms with E-state index >= 15 is 0 Å². The second-order valence-corrected chi connectivity index (χ2v) is 6.13. The van der Waals surface area contributed by atoms with Gasteiger partial charge >= 0.3 is 0 Å². The van der Waals surface area contributed by atoms with Crippen molar-refractivity contribution in [1.29, 1.82) is 0 Å². The average Bonchev–Trinajstić information content (AvgIpc) is 3.22. The second kappa shape index (κ2) is 5.94. The largest absolute Gasteiger partial charge is 0.340 e. The van der Waals surface area contributed by atoms with Gasteiger partial charge in [-0.15, -0.1) is 0 Å². The van der Waals surface area contributed by atoms with Crippen molar-refractivity contribution >= 4 is 5.91 Å². The van der Waals surface area contributed by atoms with Gasteiger partial charge in [0.15, 0.2) is 5.82 Å². The number of amides is 1. The SMILES string of the molecule is CC(C)c1noc(C(C)NC(=O)c2cnc(C3CC3)[nH]c2=O)n1. The maximum absolute atomic E-state index is 12.2. The van der Waals surface area contributed by atoms with Crippen LogP contribution in [-0.4, -0.2) is 26.0 Å². The zero-order valence-electron chi connectivity index (χ0n) is 13.3. The summed E-state index contributed by atoms with van der Waals surface area (Å²) >= 11 is 0. The lowest BCUT2D eigenvalue weighted by atomic mass is 10.2. The van der Waals surface area contributed by atoms with Crippen molar-refractivity contribution in [2.24, 2.45) is 0 Å². The fraction of sp³-hybridized carbons (Fsp3) is 0.533. The Morgan fingerprint density at radius 2 is 2.13 bits per heavy atom. The summed E-state index contributed by atoms with van der Waals surface area (Å²) in [4.78, 5) is 35.3. The summed E-state index contributed by atoms with van der Waals surface area (Å²) in [6.45, 7) is 5.62. The van der Waals surface area contributed by atoms with E-state index in [-0.39, 0.29) is 11.5 Å². The maximum Gasteiger partial charge on any atom is 0.263 e. The molecule has 0 bridgehead atoms. The number of hydrogen-bond acceptors (Lipinski definition) is 6. The van der Waals surface area contributed by atoms with E-state index in [1.165, 1.54) is 6.20 Å². The molecule has 0 saturated heterocycles. The molecular formula is C15H19N5O3. The van der Waals surface area contributed by atoms with E-state index in [1.807, 2.05) is 13.8 Å². The Morgan fingerprint density at radius 3 is 2.70 bits per heavy atom. The van der Waals surface area contributed by atoms with E-state index in [4.69, 9.17) is 4.52 Å². The first kappa shape index (κ1) is 15.4. The predicted octanol–water partition coefficient (Wildman–Crippen LogP) is 1.64. The van der Waals surface area contributed by atoms with Gasteiger partial charge in [-0.25, -0.2) is 4.98 Å². The molecule has 23 heavy (non-hydrogen) atoms. The summed E-state index contributed by atoms with van der Waals surface area (Å²) in [6.07, 6.45) is 3.38. The Hall–Kier alpha value is -2.51. The molecule has 1 aliphatic carbocycles. The number of hydrogen-bond donors (Lipinski definition) is 2. The van der Waals surface area contributed by atoms with Crippen LogP contribution in [0.3, 0.4) is 0 Å². The molecule has 1 fully saturated rings. The molecule has 2 heterocycles. The van der Waals surface area contributed by atoms with Gasteiger partial charge in [-0.2, -0.15) is 4.98 Å². The monoisotopic (exact) mass is 317 g/mol. The van der Waals surface area contributed by atoms with E-state index in [0.29, 0.717) is 23.5 Å². The molecule has 0 spiro atoms. The third-order valence-corrected chi connectivity index (χ3v) is 3.72. The van der Waals surface area contributed by atoms with Gasteiger partial charge in [-0.3, -0.25) is 9.59 Å². The third kappa shape index (κ3) is 3.30. The summed E-state index contributed by atoms with van der Waals surface area (Å²) in [5, 5.41) is 6.53. The molecule has 1 aliphatic rings. The highest BCUT2D eigenvalue weighted by molar-refractivity contribution is 5.93. The van der Waals surface area contributed by atoms with Crippen molar-refractivity contribution < 1.29 is 9.32 Å². The number of nitrogens with one attached hydrogen (secondary N) is 2. The van der Waals surface area contributed by atoms with Crippen LogP contribution in [0.1, 0.15) is 79.4 Å². The summed E-state index contributed by atoms with van der Waals surface area (Å²) in [6, 6.07) is -0.495. The van der Waals surface area contributed by atoms with E-state index in [2.05, 4.69) is 25.4 Å². The highest BCUT2D eigenvalue weighted by Crippen LogP contribution is 2.37. The molecule has 2 N–H and O–H groups in total. The van der Waals surface area contributed by atoms with E-state index < -0.39 is 17.5 Å². The smallest absolute Gasteiger partial charge is 0.263 e. The molecule has 1 amide bonds. The van der Waals surface area contributed by atoms with Crippen molar-refractivity contribution in [2.45, 2.75) is 51.5 Å². The molecule has 0 radical (unpaired) electrons. The van der Waals surface area contributed by atoms with Crippen LogP contribution in [0.5, 0.6) is 0 Å². The first-order chi connectivity index (χ1) is 11.0. The summed E-state index contributed by atoms with van der Waals surface area (Å²) in [5.41, 5.74) is -0.454. The van der Waals surface area contributed by atoms with Crippen LogP contribution >= 0.6 is 0 Å². The number of aromatic amines is 1.